The lowest BCUT2D eigenvalue weighted by Crippen LogP contribution is -2.29. The van der Waals surface area contributed by atoms with Crippen LogP contribution in [0.1, 0.15) is 34.1 Å². The minimum absolute atomic E-state index is 0.0396. The van der Waals surface area contributed by atoms with E-state index in [9.17, 15) is 14.7 Å². The zero-order valence-electron chi connectivity index (χ0n) is 22.1. The van der Waals surface area contributed by atoms with Crippen LogP contribution in [0.5, 0.6) is 5.75 Å². The fourth-order valence-corrected chi connectivity index (χ4v) is 4.71. The number of aliphatic hydroxyl groups is 1. The van der Waals surface area contributed by atoms with Crippen molar-refractivity contribution in [3.05, 3.63) is 125 Å². The Balaban J connectivity index is 1.48. The topological polar surface area (TPSA) is 83.2 Å². The van der Waals surface area contributed by atoms with Crippen molar-refractivity contribution in [3.8, 4) is 5.75 Å². The van der Waals surface area contributed by atoms with Gasteiger partial charge >= 0.3 is 0 Å². The summed E-state index contributed by atoms with van der Waals surface area (Å²) < 4.78 is 11.4. The molecule has 1 aromatic heterocycles. The minimum atomic E-state index is -0.775. The average Bonchev–Trinajstić information content (AvgIpc) is 3.55. The monoisotopic (exact) mass is 522 g/mol. The van der Waals surface area contributed by atoms with E-state index in [1.54, 1.807) is 36.4 Å². The van der Waals surface area contributed by atoms with Crippen molar-refractivity contribution in [1.82, 2.24) is 4.90 Å². The molecule has 3 aromatic carbocycles. The molecule has 1 N–H and O–H groups in total. The number of amides is 1. The molecule has 0 saturated carbocycles. The van der Waals surface area contributed by atoms with Gasteiger partial charge in [0.05, 0.1) is 24.4 Å². The van der Waals surface area contributed by atoms with E-state index >= 15 is 0 Å². The lowest BCUT2D eigenvalue weighted by atomic mass is 9.95. The molecule has 1 aliphatic rings. The number of rotatable bonds is 8. The Morgan fingerprint density at radius 3 is 2.31 bits per heavy atom. The van der Waals surface area contributed by atoms with Gasteiger partial charge in [0.15, 0.2) is 0 Å². The second kappa shape index (κ2) is 10.9. The van der Waals surface area contributed by atoms with Gasteiger partial charge in [-0.3, -0.25) is 9.59 Å². The number of Topliss-reactive ketones (excluding diaryl/α,β-unsaturated/α-hetero) is 1. The highest BCUT2D eigenvalue weighted by Crippen LogP contribution is 2.41. The smallest absolute Gasteiger partial charge is 0.296 e. The van der Waals surface area contributed by atoms with Crippen LogP contribution in [0.2, 0.25) is 0 Å². The molecule has 7 nitrogen and oxygen atoms in total. The van der Waals surface area contributed by atoms with Crippen molar-refractivity contribution >= 4 is 23.1 Å². The molecule has 1 aliphatic heterocycles. The van der Waals surface area contributed by atoms with Crippen molar-refractivity contribution in [2.45, 2.75) is 26.1 Å². The summed E-state index contributed by atoms with van der Waals surface area (Å²) in [5, 5.41) is 11.4. The molecule has 39 heavy (non-hydrogen) atoms. The average molecular weight is 523 g/mol. The number of carbonyl (C=O) groups excluding carboxylic acids is 2. The fourth-order valence-electron chi connectivity index (χ4n) is 4.71. The van der Waals surface area contributed by atoms with Crippen molar-refractivity contribution in [1.29, 1.82) is 0 Å². The van der Waals surface area contributed by atoms with Crippen LogP contribution in [0.3, 0.4) is 0 Å². The third kappa shape index (κ3) is 5.29. The Hall–Kier alpha value is -4.78. The Morgan fingerprint density at radius 1 is 0.949 bits per heavy atom. The minimum Gasteiger partial charge on any atom is -0.507 e. The standard InChI is InChI=1S/C32H30N2O5/c1-21-7-4-5-8-24(21)20-39-26-16-12-23(13-17-26)30(35)28-29(22-10-14-25(15-11-22)33(2)3)34(32(37)31(28)36)19-27-9-6-18-38-27/h4-18,29,35H,19-20H2,1-3H3. The van der Waals surface area contributed by atoms with Gasteiger partial charge in [-0.25, -0.2) is 0 Å². The number of ketones is 1. The molecule has 1 saturated heterocycles. The Labute approximate surface area is 227 Å². The van der Waals surface area contributed by atoms with Gasteiger partial charge in [0.25, 0.3) is 11.7 Å². The molecule has 5 rings (SSSR count). The molecule has 1 unspecified atom stereocenters. The van der Waals surface area contributed by atoms with Crippen LogP contribution in [0.4, 0.5) is 5.69 Å². The maximum absolute atomic E-state index is 13.3. The van der Waals surface area contributed by atoms with Crippen LogP contribution in [0.15, 0.2) is 101 Å². The van der Waals surface area contributed by atoms with Gasteiger partial charge in [0.1, 0.15) is 23.9 Å². The van der Waals surface area contributed by atoms with Crippen LogP contribution in [0.25, 0.3) is 5.76 Å². The molecule has 2 heterocycles. The number of ether oxygens (including phenoxy) is 1. The zero-order chi connectivity index (χ0) is 27.5. The molecule has 1 fully saturated rings. The number of carbonyl (C=O) groups is 2. The largest absolute Gasteiger partial charge is 0.507 e. The zero-order valence-corrected chi connectivity index (χ0v) is 22.1. The molecule has 7 heteroatoms. The molecule has 0 spiro atoms. The highest BCUT2D eigenvalue weighted by molar-refractivity contribution is 6.46. The highest BCUT2D eigenvalue weighted by Gasteiger charge is 2.46. The van der Waals surface area contributed by atoms with E-state index in [-0.39, 0.29) is 17.9 Å². The summed E-state index contributed by atoms with van der Waals surface area (Å²) in [7, 11) is 3.87. The summed E-state index contributed by atoms with van der Waals surface area (Å²) in [4.78, 5) is 29.9. The number of aliphatic hydroxyl groups excluding tert-OH is 1. The first-order valence-corrected chi connectivity index (χ1v) is 12.7. The third-order valence-electron chi connectivity index (χ3n) is 6.95. The van der Waals surface area contributed by atoms with Gasteiger partial charge in [-0.15, -0.1) is 0 Å². The maximum Gasteiger partial charge on any atom is 0.296 e. The van der Waals surface area contributed by atoms with Gasteiger partial charge < -0.3 is 24.1 Å². The number of anilines is 1. The molecule has 1 atom stereocenters. The second-order valence-electron chi connectivity index (χ2n) is 9.73. The van der Waals surface area contributed by atoms with E-state index in [2.05, 4.69) is 0 Å². The predicted octanol–water partition coefficient (Wildman–Crippen LogP) is 5.85. The van der Waals surface area contributed by atoms with Crippen molar-refractivity contribution < 1.29 is 23.8 Å². The lowest BCUT2D eigenvalue weighted by molar-refractivity contribution is -0.140. The molecule has 4 aromatic rings. The number of aryl methyl sites for hydroxylation is 1. The third-order valence-corrected chi connectivity index (χ3v) is 6.95. The first kappa shape index (κ1) is 25.9. The summed E-state index contributed by atoms with van der Waals surface area (Å²) in [5.74, 6) is -0.485. The van der Waals surface area contributed by atoms with Crippen LogP contribution >= 0.6 is 0 Å². The van der Waals surface area contributed by atoms with Gasteiger partial charge in [-0.2, -0.15) is 0 Å². The van der Waals surface area contributed by atoms with Gasteiger partial charge in [0, 0.05) is 25.3 Å². The van der Waals surface area contributed by atoms with E-state index < -0.39 is 17.7 Å². The van der Waals surface area contributed by atoms with Crippen molar-refractivity contribution in [3.63, 3.8) is 0 Å². The van der Waals surface area contributed by atoms with E-state index in [0.29, 0.717) is 29.2 Å². The number of nitrogens with zero attached hydrogens (tertiary/aromatic N) is 2. The highest BCUT2D eigenvalue weighted by atomic mass is 16.5. The predicted molar refractivity (Wildman–Crippen MR) is 149 cm³/mol. The maximum atomic E-state index is 13.3. The first-order chi connectivity index (χ1) is 18.8. The Kier molecular flexibility index (Phi) is 7.23. The SMILES string of the molecule is Cc1ccccc1COc1ccc(C(O)=C2C(=O)C(=O)N(Cc3ccco3)C2c2ccc(N(C)C)cc2)cc1. The normalized spacial score (nSPS) is 16.5. The van der Waals surface area contributed by atoms with E-state index in [1.165, 1.54) is 11.2 Å². The van der Waals surface area contributed by atoms with E-state index in [4.69, 9.17) is 9.15 Å². The number of hydrogen-bond acceptors (Lipinski definition) is 6. The van der Waals surface area contributed by atoms with Crippen LogP contribution in [-0.2, 0) is 22.7 Å². The van der Waals surface area contributed by atoms with Crippen LogP contribution in [-0.4, -0.2) is 35.8 Å². The molecule has 0 radical (unpaired) electrons. The summed E-state index contributed by atoms with van der Waals surface area (Å²) in [6, 6.07) is 25.2. The molecule has 1 amide bonds. The summed E-state index contributed by atoms with van der Waals surface area (Å²) in [6.45, 7) is 2.55. The quantitative estimate of drug-likeness (QED) is 0.177. The van der Waals surface area contributed by atoms with E-state index in [0.717, 1.165) is 16.8 Å². The Bertz CT molecular complexity index is 1500. The summed E-state index contributed by atoms with van der Waals surface area (Å²) in [5.41, 5.74) is 4.38. The molecular formula is C32H30N2O5. The van der Waals surface area contributed by atoms with Crippen molar-refractivity contribution in [2.75, 3.05) is 19.0 Å². The summed E-state index contributed by atoms with van der Waals surface area (Å²) >= 11 is 0. The van der Waals surface area contributed by atoms with Crippen LogP contribution < -0.4 is 9.64 Å². The lowest BCUT2D eigenvalue weighted by Gasteiger charge is -2.25. The first-order valence-electron chi connectivity index (χ1n) is 12.7. The molecule has 198 valence electrons. The number of likely N-dealkylation sites (tertiary alicyclic amines) is 1. The second-order valence-corrected chi connectivity index (χ2v) is 9.73. The molecule has 0 aliphatic carbocycles. The van der Waals surface area contributed by atoms with Crippen LogP contribution in [0, 0.1) is 6.92 Å². The van der Waals surface area contributed by atoms with Gasteiger partial charge in [-0.05, 0) is 72.1 Å². The Morgan fingerprint density at radius 2 is 1.67 bits per heavy atom. The van der Waals surface area contributed by atoms with Gasteiger partial charge in [-0.1, -0.05) is 36.4 Å². The fraction of sp³-hybridized carbons (Fsp3) is 0.188. The number of benzene rings is 3. The van der Waals surface area contributed by atoms with E-state index in [1.807, 2.05) is 74.4 Å². The number of hydrogen-bond donors (Lipinski definition) is 1. The number of furan rings is 1. The van der Waals surface area contributed by atoms with Gasteiger partial charge in [0.2, 0.25) is 0 Å². The van der Waals surface area contributed by atoms with Crippen molar-refractivity contribution in [2.24, 2.45) is 0 Å². The molecule has 0 bridgehead atoms. The summed E-state index contributed by atoms with van der Waals surface area (Å²) in [6.07, 6.45) is 1.52. The molecular weight excluding hydrogens is 492 g/mol.